The lowest BCUT2D eigenvalue weighted by atomic mass is 9.79. The van der Waals surface area contributed by atoms with Crippen molar-refractivity contribution in [2.24, 2.45) is 0 Å². The van der Waals surface area contributed by atoms with Gasteiger partial charge in [-0.2, -0.15) is 0 Å². The maximum absolute atomic E-state index is 5.31. The number of hydrogen-bond donors (Lipinski definition) is 1. The van der Waals surface area contributed by atoms with E-state index in [0.717, 1.165) is 18.9 Å². The minimum absolute atomic E-state index is 0.133. The first-order valence-electron chi connectivity index (χ1n) is 6.11. The number of fused-ring (bicyclic) bond motifs is 1. The standard InChI is InChI=1S/C14H18N2O/c1-14(2,3)12-10-4-5-15-13(10)16-6-11(12)9-7-17-8-9/h4-6,9H,7-8H2,1-3H3,(H,15,16). The molecule has 3 heteroatoms. The first-order chi connectivity index (χ1) is 8.07. The molecule has 0 aromatic carbocycles. The van der Waals surface area contributed by atoms with Gasteiger partial charge in [0.05, 0.1) is 13.2 Å². The molecule has 0 saturated carbocycles. The molecule has 0 amide bonds. The van der Waals surface area contributed by atoms with Gasteiger partial charge >= 0.3 is 0 Å². The highest BCUT2D eigenvalue weighted by molar-refractivity contribution is 5.82. The fourth-order valence-electron chi connectivity index (χ4n) is 2.59. The van der Waals surface area contributed by atoms with Gasteiger partial charge in [0.25, 0.3) is 0 Å². The first kappa shape index (κ1) is 10.8. The van der Waals surface area contributed by atoms with Crippen LogP contribution in [-0.2, 0) is 10.2 Å². The van der Waals surface area contributed by atoms with E-state index in [1.54, 1.807) is 0 Å². The third-order valence-electron chi connectivity index (χ3n) is 3.44. The Hall–Kier alpha value is -1.35. The van der Waals surface area contributed by atoms with Gasteiger partial charge in [0.1, 0.15) is 5.65 Å². The summed E-state index contributed by atoms with van der Waals surface area (Å²) in [6, 6.07) is 2.13. The molecule has 0 radical (unpaired) electrons. The molecule has 0 aliphatic carbocycles. The van der Waals surface area contributed by atoms with Gasteiger partial charge in [-0.1, -0.05) is 20.8 Å². The maximum Gasteiger partial charge on any atom is 0.137 e. The molecule has 1 saturated heterocycles. The second kappa shape index (κ2) is 3.57. The van der Waals surface area contributed by atoms with Crippen molar-refractivity contribution in [3.63, 3.8) is 0 Å². The van der Waals surface area contributed by atoms with E-state index in [4.69, 9.17) is 4.74 Å². The summed E-state index contributed by atoms with van der Waals surface area (Å²) in [6.45, 7) is 8.45. The molecule has 2 aromatic heterocycles. The quantitative estimate of drug-likeness (QED) is 0.817. The fraction of sp³-hybridized carbons (Fsp3) is 0.500. The van der Waals surface area contributed by atoms with E-state index >= 15 is 0 Å². The smallest absolute Gasteiger partial charge is 0.137 e. The Bertz CT molecular complexity index is 547. The monoisotopic (exact) mass is 230 g/mol. The van der Waals surface area contributed by atoms with Crippen molar-refractivity contribution in [2.75, 3.05) is 13.2 Å². The average molecular weight is 230 g/mol. The molecular formula is C14H18N2O. The molecule has 1 fully saturated rings. The Balaban J connectivity index is 2.26. The summed E-state index contributed by atoms with van der Waals surface area (Å²) < 4.78 is 5.31. The number of hydrogen-bond acceptors (Lipinski definition) is 2. The highest BCUT2D eigenvalue weighted by Crippen LogP contribution is 2.37. The van der Waals surface area contributed by atoms with Crippen LogP contribution in [0, 0.1) is 0 Å². The molecule has 3 nitrogen and oxygen atoms in total. The van der Waals surface area contributed by atoms with Crippen LogP contribution in [0.15, 0.2) is 18.5 Å². The third kappa shape index (κ3) is 1.65. The molecule has 1 N–H and O–H groups in total. The molecule has 2 aromatic rings. The Kier molecular flexibility index (Phi) is 2.26. The van der Waals surface area contributed by atoms with Gasteiger partial charge < -0.3 is 9.72 Å². The van der Waals surface area contributed by atoms with Crippen LogP contribution in [0.25, 0.3) is 11.0 Å². The van der Waals surface area contributed by atoms with Crippen LogP contribution in [-0.4, -0.2) is 23.2 Å². The molecule has 0 atom stereocenters. The minimum Gasteiger partial charge on any atom is -0.380 e. The predicted octanol–water partition coefficient (Wildman–Crippen LogP) is 2.97. The molecule has 17 heavy (non-hydrogen) atoms. The van der Waals surface area contributed by atoms with Gasteiger partial charge in [-0.3, -0.25) is 0 Å². The van der Waals surface area contributed by atoms with Crippen LogP contribution in [0.1, 0.15) is 37.8 Å². The van der Waals surface area contributed by atoms with E-state index in [0.29, 0.717) is 5.92 Å². The summed E-state index contributed by atoms with van der Waals surface area (Å²) in [4.78, 5) is 7.70. The van der Waals surface area contributed by atoms with Crippen molar-refractivity contribution in [3.8, 4) is 0 Å². The van der Waals surface area contributed by atoms with Crippen LogP contribution in [0.4, 0.5) is 0 Å². The fourth-order valence-corrected chi connectivity index (χ4v) is 2.59. The first-order valence-corrected chi connectivity index (χ1v) is 6.11. The molecule has 0 bridgehead atoms. The van der Waals surface area contributed by atoms with E-state index in [2.05, 4.69) is 36.8 Å². The Morgan fingerprint density at radius 1 is 1.35 bits per heavy atom. The van der Waals surface area contributed by atoms with Crippen molar-refractivity contribution in [1.29, 1.82) is 0 Å². The van der Waals surface area contributed by atoms with Crippen LogP contribution in [0.2, 0.25) is 0 Å². The number of ether oxygens (including phenoxy) is 1. The normalized spacial score (nSPS) is 17.4. The lowest BCUT2D eigenvalue weighted by Crippen LogP contribution is -2.28. The highest BCUT2D eigenvalue weighted by atomic mass is 16.5. The Labute approximate surface area is 101 Å². The lowest BCUT2D eigenvalue weighted by molar-refractivity contribution is 0.00773. The van der Waals surface area contributed by atoms with E-state index in [1.165, 1.54) is 16.5 Å². The average Bonchev–Trinajstić information content (AvgIpc) is 2.59. The van der Waals surface area contributed by atoms with Crippen LogP contribution in [0.5, 0.6) is 0 Å². The number of aromatic amines is 1. The van der Waals surface area contributed by atoms with Crippen molar-refractivity contribution in [3.05, 3.63) is 29.6 Å². The highest BCUT2D eigenvalue weighted by Gasteiger charge is 2.29. The van der Waals surface area contributed by atoms with Crippen LogP contribution >= 0.6 is 0 Å². The van der Waals surface area contributed by atoms with Crippen molar-refractivity contribution >= 4 is 11.0 Å². The molecule has 3 rings (SSSR count). The lowest BCUT2D eigenvalue weighted by Gasteiger charge is -2.32. The number of pyridine rings is 1. The number of H-pyrrole nitrogens is 1. The summed E-state index contributed by atoms with van der Waals surface area (Å²) in [6.07, 6.45) is 3.99. The van der Waals surface area contributed by atoms with Crippen molar-refractivity contribution < 1.29 is 4.74 Å². The second-order valence-electron chi connectivity index (χ2n) is 5.81. The molecular weight excluding hydrogens is 212 g/mol. The van der Waals surface area contributed by atoms with Crippen LogP contribution in [0.3, 0.4) is 0 Å². The SMILES string of the molecule is CC(C)(C)c1c(C2COC2)cnc2[nH]ccc12. The van der Waals surface area contributed by atoms with Gasteiger partial charge in [-0.05, 0) is 22.6 Å². The van der Waals surface area contributed by atoms with Crippen LogP contribution < -0.4 is 0 Å². The third-order valence-corrected chi connectivity index (χ3v) is 3.44. The summed E-state index contributed by atoms with van der Waals surface area (Å²) in [5, 5.41) is 1.25. The molecule has 0 spiro atoms. The Morgan fingerprint density at radius 2 is 2.12 bits per heavy atom. The summed E-state index contributed by atoms with van der Waals surface area (Å²) in [5.41, 5.74) is 3.89. The predicted molar refractivity (Wildman–Crippen MR) is 68.4 cm³/mol. The number of aromatic nitrogens is 2. The topological polar surface area (TPSA) is 37.9 Å². The van der Waals surface area contributed by atoms with Gasteiger partial charge in [-0.15, -0.1) is 0 Å². The van der Waals surface area contributed by atoms with E-state index in [1.807, 2.05) is 12.4 Å². The van der Waals surface area contributed by atoms with E-state index < -0.39 is 0 Å². The summed E-state index contributed by atoms with van der Waals surface area (Å²) in [5.74, 6) is 0.524. The zero-order valence-corrected chi connectivity index (χ0v) is 10.6. The molecule has 1 aliphatic rings. The maximum atomic E-state index is 5.31. The minimum atomic E-state index is 0.133. The number of nitrogens with one attached hydrogen (secondary N) is 1. The summed E-state index contributed by atoms with van der Waals surface area (Å²) >= 11 is 0. The van der Waals surface area contributed by atoms with E-state index in [-0.39, 0.29) is 5.41 Å². The molecule has 90 valence electrons. The van der Waals surface area contributed by atoms with Crippen molar-refractivity contribution in [2.45, 2.75) is 32.1 Å². The zero-order chi connectivity index (χ0) is 12.0. The molecule has 3 heterocycles. The number of nitrogens with zero attached hydrogens (tertiary/aromatic N) is 1. The zero-order valence-electron chi connectivity index (χ0n) is 10.6. The largest absolute Gasteiger partial charge is 0.380 e. The van der Waals surface area contributed by atoms with Gasteiger partial charge in [-0.25, -0.2) is 4.98 Å². The van der Waals surface area contributed by atoms with E-state index in [9.17, 15) is 0 Å². The molecule has 0 unspecified atom stereocenters. The second-order valence-corrected chi connectivity index (χ2v) is 5.81. The molecule has 1 aliphatic heterocycles. The van der Waals surface area contributed by atoms with Gasteiger partial charge in [0, 0.05) is 23.7 Å². The summed E-state index contributed by atoms with van der Waals surface area (Å²) in [7, 11) is 0. The van der Waals surface area contributed by atoms with Gasteiger partial charge in [0.2, 0.25) is 0 Å². The number of rotatable bonds is 1. The Morgan fingerprint density at radius 3 is 2.71 bits per heavy atom. The van der Waals surface area contributed by atoms with Crippen molar-refractivity contribution in [1.82, 2.24) is 9.97 Å². The van der Waals surface area contributed by atoms with Gasteiger partial charge in [0.15, 0.2) is 0 Å².